The molecular formula is C11H12O3. The Kier molecular flexibility index (Phi) is 6.62. The molecule has 0 spiro atoms. The smallest absolute Gasteiger partial charge is 0.450 e. The lowest BCUT2D eigenvalue weighted by Gasteiger charge is -1.84. The van der Waals surface area contributed by atoms with Gasteiger partial charge in [0.05, 0.1) is 0 Å². The van der Waals surface area contributed by atoms with Crippen molar-refractivity contribution in [3.05, 3.63) is 35.9 Å². The molecule has 0 aromatic heterocycles. The van der Waals surface area contributed by atoms with Crippen LogP contribution in [0.3, 0.4) is 0 Å². The Bertz CT molecular complexity index is 315. The lowest BCUT2D eigenvalue weighted by Crippen LogP contribution is -1.81. The van der Waals surface area contributed by atoms with Gasteiger partial charge in [0, 0.05) is 12.0 Å². The molecule has 0 saturated carbocycles. The summed E-state index contributed by atoms with van der Waals surface area (Å²) in [5, 5.41) is 13.9. The first-order chi connectivity index (χ1) is 6.66. The Labute approximate surface area is 83.0 Å². The Morgan fingerprint density at radius 2 is 1.79 bits per heavy atom. The highest BCUT2D eigenvalue weighted by Gasteiger charge is 1.78. The summed E-state index contributed by atoms with van der Waals surface area (Å²) in [5.41, 5.74) is 1.10. The van der Waals surface area contributed by atoms with Gasteiger partial charge < -0.3 is 10.2 Å². The largest absolute Gasteiger partial charge is 0.503 e. The third kappa shape index (κ3) is 8.15. The van der Waals surface area contributed by atoms with E-state index in [1.54, 1.807) is 0 Å². The van der Waals surface area contributed by atoms with E-state index in [0.717, 1.165) is 12.0 Å². The molecule has 0 aliphatic carbocycles. The molecule has 2 N–H and O–H groups in total. The molecule has 1 rings (SSSR count). The molecular weight excluding hydrogens is 180 g/mol. The van der Waals surface area contributed by atoms with E-state index in [9.17, 15) is 0 Å². The summed E-state index contributed by atoms with van der Waals surface area (Å²) in [5.74, 6) is 6.06. The average molecular weight is 192 g/mol. The van der Waals surface area contributed by atoms with Crippen LogP contribution in [0.2, 0.25) is 0 Å². The molecule has 1 aromatic carbocycles. The van der Waals surface area contributed by atoms with Crippen molar-refractivity contribution < 1.29 is 15.0 Å². The fourth-order valence-corrected chi connectivity index (χ4v) is 0.712. The minimum Gasteiger partial charge on any atom is -0.450 e. The van der Waals surface area contributed by atoms with Crippen molar-refractivity contribution in [1.29, 1.82) is 0 Å². The quantitative estimate of drug-likeness (QED) is 0.621. The molecule has 0 heterocycles. The molecule has 0 aliphatic heterocycles. The highest BCUT2D eigenvalue weighted by molar-refractivity contribution is 5.53. The maximum absolute atomic E-state index is 8.56. The second kappa shape index (κ2) is 7.69. The van der Waals surface area contributed by atoms with Gasteiger partial charge in [-0.15, -0.1) is 0 Å². The summed E-state index contributed by atoms with van der Waals surface area (Å²) >= 11 is 0. The highest BCUT2D eigenvalue weighted by atomic mass is 16.6. The molecule has 3 heteroatoms. The zero-order valence-electron chi connectivity index (χ0n) is 7.90. The summed E-state index contributed by atoms with van der Waals surface area (Å²) in [7, 11) is 0. The number of hydrogen-bond donors (Lipinski definition) is 2. The summed E-state index contributed by atoms with van der Waals surface area (Å²) in [4.78, 5) is 8.56. The van der Waals surface area contributed by atoms with Crippen LogP contribution in [-0.4, -0.2) is 16.4 Å². The van der Waals surface area contributed by atoms with Crippen molar-refractivity contribution in [2.45, 2.75) is 13.3 Å². The first kappa shape index (κ1) is 12.0. The fourth-order valence-electron chi connectivity index (χ4n) is 0.712. The standard InChI is InChI=1S/C10H10.CH2O3/c1-2-3-7-10-8-5-4-6-9-10;2-1(3)4/h4-6,8-9H,2H2,1H3;(H2,2,3,4). The van der Waals surface area contributed by atoms with Crippen LogP contribution in [0.1, 0.15) is 18.9 Å². The predicted molar refractivity (Wildman–Crippen MR) is 54.3 cm³/mol. The van der Waals surface area contributed by atoms with Crippen LogP contribution in [0.25, 0.3) is 0 Å². The predicted octanol–water partition coefficient (Wildman–Crippen LogP) is 2.67. The summed E-state index contributed by atoms with van der Waals surface area (Å²) in [6.07, 6.45) is -0.908. The molecule has 1 aromatic rings. The zero-order chi connectivity index (χ0) is 10.8. The van der Waals surface area contributed by atoms with E-state index >= 15 is 0 Å². The van der Waals surface area contributed by atoms with E-state index < -0.39 is 6.16 Å². The van der Waals surface area contributed by atoms with Crippen LogP contribution in [0.4, 0.5) is 4.79 Å². The minimum absolute atomic E-state index is 0.925. The summed E-state index contributed by atoms with van der Waals surface area (Å²) in [6.45, 7) is 2.05. The molecule has 0 atom stereocenters. The second-order valence-corrected chi connectivity index (χ2v) is 2.30. The molecule has 74 valence electrons. The number of rotatable bonds is 0. The summed E-state index contributed by atoms with van der Waals surface area (Å²) < 4.78 is 0. The van der Waals surface area contributed by atoms with E-state index in [2.05, 4.69) is 18.8 Å². The minimum atomic E-state index is -1.83. The van der Waals surface area contributed by atoms with Crippen molar-refractivity contribution in [1.82, 2.24) is 0 Å². The molecule has 0 amide bonds. The summed E-state index contributed by atoms with van der Waals surface area (Å²) in [6, 6.07) is 10.0. The van der Waals surface area contributed by atoms with Gasteiger partial charge in [-0.25, -0.2) is 4.79 Å². The molecule has 0 fully saturated rings. The third-order valence-electron chi connectivity index (χ3n) is 1.18. The Morgan fingerprint density at radius 1 is 1.29 bits per heavy atom. The molecule has 0 unspecified atom stereocenters. The lowest BCUT2D eigenvalue weighted by atomic mass is 10.2. The van der Waals surface area contributed by atoms with E-state index in [1.165, 1.54) is 0 Å². The fraction of sp³-hybridized carbons (Fsp3) is 0.182. The van der Waals surface area contributed by atoms with E-state index in [1.807, 2.05) is 30.3 Å². The van der Waals surface area contributed by atoms with Gasteiger partial charge in [-0.05, 0) is 12.1 Å². The molecule has 14 heavy (non-hydrogen) atoms. The maximum Gasteiger partial charge on any atom is 0.503 e. The Balaban J connectivity index is 0.000000364. The highest BCUT2D eigenvalue weighted by Crippen LogP contribution is 1.94. The van der Waals surface area contributed by atoms with Crippen LogP contribution < -0.4 is 0 Å². The van der Waals surface area contributed by atoms with Crippen molar-refractivity contribution in [3.8, 4) is 11.8 Å². The first-order valence-corrected chi connectivity index (χ1v) is 4.12. The second-order valence-electron chi connectivity index (χ2n) is 2.30. The molecule has 0 saturated heterocycles. The van der Waals surface area contributed by atoms with Crippen molar-refractivity contribution in [2.24, 2.45) is 0 Å². The van der Waals surface area contributed by atoms with Crippen molar-refractivity contribution >= 4 is 6.16 Å². The Hall–Kier alpha value is -1.95. The van der Waals surface area contributed by atoms with Gasteiger partial charge in [0.25, 0.3) is 0 Å². The maximum atomic E-state index is 8.56. The Morgan fingerprint density at radius 3 is 2.21 bits per heavy atom. The van der Waals surface area contributed by atoms with Crippen LogP contribution in [-0.2, 0) is 0 Å². The molecule has 0 bridgehead atoms. The van der Waals surface area contributed by atoms with E-state index in [4.69, 9.17) is 15.0 Å². The van der Waals surface area contributed by atoms with Crippen LogP contribution in [0.5, 0.6) is 0 Å². The number of benzene rings is 1. The number of carboxylic acid groups (broad SMARTS) is 2. The van der Waals surface area contributed by atoms with Crippen LogP contribution >= 0.6 is 0 Å². The number of hydrogen-bond acceptors (Lipinski definition) is 1. The van der Waals surface area contributed by atoms with E-state index in [0.29, 0.717) is 0 Å². The molecule has 0 aliphatic rings. The van der Waals surface area contributed by atoms with Crippen molar-refractivity contribution in [2.75, 3.05) is 0 Å². The molecule has 3 nitrogen and oxygen atoms in total. The van der Waals surface area contributed by atoms with Gasteiger partial charge in [-0.3, -0.25) is 0 Å². The van der Waals surface area contributed by atoms with Crippen molar-refractivity contribution in [3.63, 3.8) is 0 Å². The zero-order valence-corrected chi connectivity index (χ0v) is 7.90. The molecule has 0 radical (unpaired) electrons. The van der Waals surface area contributed by atoms with E-state index in [-0.39, 0.29) is 0 Å². The third-order valence-corrected chi connectivity index (χ3v) is 1.18. The van der Waals surface area contributed by atoms with Gasteiger partial charge in [0.2, 0.25) is 0 Å². The average Bonchev–Trinajstić information content (AvgIpc) is 2.15. The van der Waals surface area contributed by atoms with Gasteiger partial charge in [0.15, 0.2) is 0 Å². The van der Waals surface area contributed by atoms with Gasteiger partial charge >= 0.3 is 6.16 Å². The monoisotopic (exact) mass is 192 g/mol. The normalized spacial score (nSPS) is 7.50. The van der Waals surface area contributed by atoms with Gasteiger partial charge in [0.1, 0.15) is 0 Å². The SMILES string of the molecule is CCC#Cc1ccccc1.O=C(O)O. The first-order valence-electron chi connectivity index (χ1n) is 4.12. The topological polar surface area (TPSA) is 57.5 Å². The van der Waals surface area contributed by atoms with Crippen LogP contribution in [0.15, 0.2) is 30.3 Å². The van der Waals surface area contributed by atoms with Gasteiger partial charge in [-0.2, -0.15) is 0 Å². The number of carbonyl (C=O) groups is 1. The van der Waals surface area contributed by atoms with Gasteiger partial charge in [-0.1, -0.05) is 37.0 Å². The lowest BCUT2D eigenvalue weighted by molar-refractivity contribution is 0.137. The van der Waals surface area contributed by atoms with Crippen LogP contribution in [0, 0.1) is 11.8 Å².